The molecule has 2 aromatic carbocycles. The number of anilines is 1. The third-order valence-corrected chi connectivity index (χ3v) is 5.37. The topological polar surface area (TPSA) is 91.5 Å². The number of nitriles is 1. The normalized spacial score (nSPS) is 13.9. The van der Waals surface area contributed by atoms with E-state index in [0.717, 1.165) is 5.69 Å². The molecule has 2 heterocycles. The molecule has 8 nitrogen and oxygen atoms in total. The van der Waals surface area contributed by atoms with Crippen LogP contribution in [-0.2, 0) is 7.05 Å². The van der Waals surface area contributed by atoms with Gasteiger partial charge in [0.1, 0.15) is 5.75 Å². The summed E-state index contributed by atoms with van der Waals surface area (Å²) in [5.41, 5.74) is 1.46. The smallest absolute Gasteiger partial charge is 0.275 e. The van der Waals surface area contributed by atoms with E-state index in [2.05, 4.69) is 16.1 Å². The second-order valence-electron chi connectivity index (χ2n) is 7.10. The monoisotopic (exact) mass is 403 g/mol. The van der Waals surface area contributed by atoms with E-state index in [4.69, 9.17) is 4.74 Å². The van der Waals surface area contributed by atoms with E-state index in [9.17, 15) is 14.9 Å². The van der Waals surface area contributed by atoms with Gasteiger partial charge in [0.2, 0.25) is 0 Å². The van der Waals surface area contributed by atoms with Crippen LogP contribution in [0.5, 0.6) is 5.75 Å². The van der Waals surface area contributed by atoms with Gasteiger partial charge in [-0.05, 0) is 24.3 Å². The van der Waals surface area contributed by atoms with Gasteiger partial charge in [0.15, 0.2) is 5.69 Å². The van der Waals surface area contributed by atoms with E-state index in [1.165, 1.54) is 4.68 Å². The van der Waals surface area contributed by atoms with Gasteiger partial charge in [-0.15, -0.1) is 0 Å². The van der Waals surface area contributed by atoms with E-state index in [1.807, 2.05) is 0 Å². The predicted molar refractivity (Wildman–Crippen MR) is 113 cm³/mol. The van der Waals surface area contributed by atoms with Crippen LogP contribution in [0.1, 0.15) is 16.1 Å². The lowest BCUT2D eigenvalue weighted by molar-refractivity contribution is 0.0740. The third-order valence-electron chi connectivity index (χ3n) is 5.37. The van der Waals surface area contributed by atoms with E-state index < -0.39 is 0 Å². The van der Waals surface area contributed by atoms with Crippen LogP contribution in [0.4, 0.5) is 5.69 Å². The van der Waals surface area contributed by atoms with E-state index in [0.29, 0.717) is 48.3 Å². The molecular weight excluding hydrogens is 382 g/mol. The number of hydrogen-bond acceptors (Lipinski definition) is 6. The fourth-order valence-corrected chi connectivity index (χ4v) is 3.76. The van der Waals surface area contributed by atoms with Crippen molar-refractivity contribution in [2.75, 3.05) is 38.2 Å². The molecule has 1 fully saturated rings. The Labute approximate surface area is 173 Å². The Bertz CT molecular complexity index is 1220. The first-order valence-electron chi connectivity index (χ1n) is 9.62. The van der Waals surface area contributed by atoms with Crippen molar-refractivity contribution in [3.8, 4) is 11.8 Å². The second kappa shape index (κ2) is 7.87. The van der Waals surface area contributed by atoms with Crippen molar-refractivity contribution in [3.63, 3.8) is 0 Å². The molecule has 1 aliphatic rings. The molecule has 0 unspecified atom stereocenters. The van der Waals surface area contributed by atoms with Crippen molar-refractivity contribution >= 4 is 22.4 Å². The lowest BCUT2D eigenvalue weighted by atomic mass is 10.1. The molecule has 1 aromatic heterocycles. The summed E-state index contributed by atoms with van der Waals surface area (Å²) in [4.78, 5) is 29.4. The second-order valence-corrected chi connectivity index (χ2v) is 7.10. The molecule has 0 spiro atoms. The molecular formula is C22H21N5O3. The van der Waals surface area contributed by atoms with Gasteiger partial charge >= 0.3 is 0 Å². The number of aromatic nitrogens is 2. The molecule has 0 bridgehead atoms. The minimum atomic E-state index is -0.226. The van der Waals surface area contributed by atoms with Gasteiger partial charge in [-0.2, -0.15) is 10.4 Å². The van der Waals surface area contributed by atoms with Crippen molar-refractivity contribution in [2.45, 2.75) is 0 Å². The van der Waals surface area contributed by atoms with Crippen molar-refractivity contribution in [1.82, 2.24) is 14.7 Å². The fraction of sp³-hybridized carbons (Fsp3) is 0.273. The Morgan fingerprint density at radius 2 is 1.80 bits per heavy atom. The maximum atomic E-state index is 13.2. The molecule has 152 valence electrons. The summed E-state index contributed by atoms with van der Waals surface area (Å²) in [5.74, 6) is 0.499. The van der Waals surface area contributed by atoms with Crippen molar-refractivity contribution < 1.29 is 9.53 Å². The SMILES string of the molecule is COc1ccc(C#N)cc1N1CCN(C(=O)c2nn(C)c(=O)c3ccccc23)CC1. The number of fused-ring (bicyclic) bond motifs is 1. The molecule has 4 rings (SSSR count). The minimum absolute atomic E-state index is 0.195. The number of hydrogen-bond donors (Lipinski definition) is 0. The molecule has 30 heavy (non-hydrogen) atoms. The summed E-state index contributed by atoms with van der Waals surface area (Å²) in [5, 5.41) is 14.5. The van der Waals surface area contributed by atoms with Gasteiger partial charge in [0, 0.05) is 38.6 Å². The number of nitrogens with zero attached hydrogens (tertiary/aromatic N) is 5. The Morgan fingerprint density at radius 1 is 1.10 bits per heavy atom. The quantitative estimate of drug-likeness (QED) is 0.662. The highest BCUT2D eigenvalue weighted by molar-refractivity contribution is 6.04. The van der Waals surface area contributed by atoms with Crippen LogP contribution in [-0.4, -0.2) is 53.9 Å². The largest absolute Gasteiger partial charge is 0.495 e. The Balaban J connectivity index is 1.58. The average Bonchev–Trinajstić information content (AvgIpc) is 2.80. The van der Waals surface area contributed by atoms with Gasteiger partial charge in [0.05, 0.1) is 29.8 Å². The molecule has 0 aliphatic carbocycles. The zero-order valence-corrected chi connectivity index (χ0v) is 16.8. The van der Waals surface area contributed by atoms with Gasteiger partial charge in [-0.1, -0.05) is 18.2 Å². The summed E-state index contributed by atoms with van der Waals surface area (Å²) in [6.07, 6.45) is 0. The lowest BCUT2D eigenvalue weighted by Gasteiger charge is -2.36. The predicted octanol–water partition coefficient (Wildman–Crippen LogP) is 1.78. The Hall–Kier alpha value is -3.86. The first-order chi connectivity index (χ1) is 14.5. The Kier molecular flexibility index (Phi) is 5.11. The summed E-state index contributed by atoms with van der Waals surface area (Å²) in [6.45, 7) is 2.19. The van der Waals surface area contributed by atoms with Crippen LogP contribution in [0, 0.1) is 11.3 Å². The van der Waals surface area contributed by atoms with Crippen LogP contribution >= 0.6 is 0 Å². The fourth-order valence-electron chi connectivity index (χ4n) is 3.76. The molecule has 3 aromatic rings. The summed E-state index contributed by atoms with van der Waals surface area (Å²) in [7, 11) is 3.15. The van der Waals surface area contributed by atoms with Crippen LogP contribution in [0.3, 0.4) is 0 Å². The number of rotatable bonds is 3. The molecule has 1 aliphatic heterocycles. The molecule has 1 saturated heterocycles. The molecule has 0 radical (unpaired) electrons. The summed E-state index contributed by atoms with van der Waals surface area (Å²) in [6, 6.07) is 14.5. The van der Waals surface area contributed by atoms with Crippen molar-refractivity contribution in [1.29, 1.82) is 5.26 Å². The maximum Gasteiger partial charge on any atom is 0.275 e. The number of carbonyl (C=O) groups excluding carboxylic acids is 1. The van der Waals surface area contributed by atoms with Crippen LogP contribution in [0.25, 0.3) is 10.8 Å². The zero-order chi connectivity index (χ0) is 21.3. The van der Waals surface area contributed by atoms with E-state index >= 15 is 0 Å². The first-order valence-corrected chi connectivity index (χ1v) is 9.62. The standard InChI is InChI=1S/C22H21N5O3/c1-25-21(28)17-6-4-3-5-16(17)20(24-25)22(29)27-11-9-26(10-12-27)18-13-15(14-23)7-8-19(18)30-2/h3-8,13H,9-12H2,1-2H3. The highest BCUT2D eigenvalue weighted by Gasteiger charge is 2.26. The summed E-state index contributed by atoms with van der Waals surface area (Å²) < 4.78 is 6.65. The molecule has 8 heteroatoms. The molecule has 0 N–H and O–H groups in total. The minimum Gasteiger partial charge on any atom is -0.495 e. The maximum absolute atomic E-state index is 13.2. The zero-order valence-electron chi connectivity index (χ0n) is 16.8. The molecule has 1 amide bonds. The van der Waals surface area contributed by atoms with Crippen LogP contribution in [0.2, 0.25) is 0 Å². The average molecular weight is 403 g/mol. The van der Waals surface area contributed by atoms with Crippen LogP contribution < -0.4 is 15.2 Å². The number of piperazine rings is 1. The van der Waals surface area contributed by atoms with Gasteiger partial charge < -0.3 is 14.5 Å². The van der Waals surface area contributed by atoms with Gasteiger partial charge in [-0.3, -0.25) is 9.59 Å². The number of ether oxygens (including phenoxy) is 1. The lowest BCUT2D eigenvalue weighted by Crippen LogP contribution is -2.49. The van der Waals surface area contributed by atoms with Crippen molar-refractivity contribution in [2.24, 2.45) is 7.05 Å². The number of aryl methyl sites for hydroxylation is 1. The highest BCUT2D eigenvalue weighted by atomic mass is 16.5. The van der Waals surface area contributed by atoms with E-state index in [-0.39, 0.29) is 17.2 Å². The third kappa shape index (κ3) is 3.35. The summed E-state index contributed by atoms with van der Waals surface area (Å²) >= 11 is 0. The highest BCUT2D eigenvalue weighted by Crippen LogP contribution is 2.30. The number of benzene rings is 2. The van der Waals surface area contributed by atoms with Gasteiger partial charge in [-0.25, -0.2) is 4.68 Å². The van der Waals surface area contributed by atoms with Crippen molar-refractivity contribution in [3.05, 3.63) is 64.1 Å². The first kappa shape index (κ1) is 19.5. The van der Waals surface area contributed by atoms with E-state index in [1.54, 1.807) is 61.5 Å². The number of methoxy groups -OCH3 is 1. The Morgan fingerprint density at radius 3 is 2.47 bits per heavy atom. The number of amides is 1. The van der Waals surface area contributed by atoms with Crippen LogP contribution in [0.15, 0.2) is 47.3 Å². The van der Waals surface area contributed by atoms with Gasteiger partial charge in [0.25, 0.3) is 11.5 Å². The molecule has 0 saturated carbocycles. The molecule has 0 atom stereocenters. The number of carbonyl (C=O) groups is 1.